The highest BCUT2D eigenvalue weighted by atomic mass is 15.1. The quantitative estimate of drug-likeness (QED) is 0.856. The lowest BCUT2D eigenvalue weighted by Crippen LogP contribution is -2.44. The number of anilines is 1. The first kappa shape index (κ1) is 14.3. The van der Waals surface area contributed by atoms with Gasteiger partial charge in [0.2, 0.25) is 0 Å². The monoisotopic (exact) mass is 262 g/mol. The molecule has 0 bridgehead atoms. The second-order valence-electron chi connectivity index (χ2n) is 6.34. The maximum absolute atomic E-state index is 5.97. The molecular weight excluding hydrogens is 236 g/mol. The molecule has 2 rings (SSSR count). The number of hydrogen-bond acceptors (Lipinski definition) is 4. The number of aryl methyl sites for hydroxylation is 1. The van der Waals surface area contributed by atoms with E-state index in [1.165, 1.54) is 24.1 Å². The average Bonchev–Trinajstić information content (AvgIpc) is 2.38. The molecule has 0 spiro atoms. The van der Waals surface area contributed by atoms with Crippen molar-refractivity contribution in [1.29, 1.82) is 0 Å². The fraction of sp³-hybridized carbons (Fsp3) is 0.733. The van der Waals surface area contributed by atoms with Crippen molar-refractivity contribution in [1.82, 2.24) is 9.97 Å². The van der Waals surface area contributed by atoms with Gasteiger partial charge in [-0.3, -0.25) is 0 Å². The highest BCUT2D eigenvalue weighted by Crippen LogP contribution is 2.28. The zero-order valence-corrected chi connectivity index (χ0v) is 12.4. The Morgan fingerprint density at radius 3 is 2.74 bits per heavy atom. The number of fused-ring (bicyclic) bond motifs is 1. The Labute approximate surface area is 116 Å². The fourth-order valence-corrected chi connectivity index (χ4v) is 3.00. The summed E-state index contributed by atoms with van der Waals surface area (Å²) in [5.41, 5.74) is 8.40. The smallest absolute Gasteiger partial charge is 0.133 e. The van der Waals surface area contributed by atoms with Gasteiger partial charge in [-0.15, -0.1) is 0 Å². The van der Waals surface area contributed by atoms with Crippen LogP contribution in [-0.2, 0) is 12.8 Å². The standard InChI is InChI=1S/C15H26N4/c1-11(2)8-15(3,9-16)19-14-12-6-4-5-7-13(12)17-10-18-14/h10-11H,4-9,16H2,1-3H3,(H,17,18,19). The third-order valence-electron chi connectivity index (χ3n) is 3.85. The number of hydrogen-bond donors (Lipinski definition) is 2. The largest absolute Gasteiger partial charge is 0.363 e. The number of aromatic nitrogens is 2. The summed E-state index contributed by atoms with van der Waals surface area (Å²) in [5.74, 6) is 1.61. The molecule has 3 N–H and O–H groups in total. The van der Waals surface area contributed by atoms with E-state index >= 15 is 0 Å². The second kappa shape index (κ2) is 5.87. The van der Waals surface area contributed by atoms with Crippen LogP contribution in [0.1, 0.15) is 51.3 Å². The number of nitrogens with zero attached hydrogens (tertiary/aromatic N) is 2. The van der Waals surface area contributed by atoms with Gasteiger partial charge >= 0.3 is 0 Å². The van der Waals surface area contributed by atoms with Gasteiger partial charge in [0.05, 0.1) is 0 Å². The first-order valence-electron chi connectivity index (χ1n) is 7.35. The lowest BCUT2D eigenvalue weighted by Gasteiger charge is -2.33. The molecular formula is C15H26N4. The Morgan fingerprint density at radius 2 is 2.05 bits per heavy atom. The predicted octanol–water partition coefficient (Wildman–Crippen LogP) is 2.53. The summed E-state index contributed by atoms with van der Waals surface area (Å²) in [5, 5.41) is 3.59. The molecule has 0 fully saturated rings. The number of nitrogens with one attached hydrogen (secondary N) is 1. The minimum Gasteiger partial charge on any atom is -0.363 e. The minimum atomic E-state index is -0.0895. The zero-order chi connectivity index (χ0) is 13.9. The van der Waals surface area contributed by atoms with Crippen LogP contribution in [0.25, 0.3) is 0 Å². The summed E-state index contributed by atoms with van der Waals surface area (Å²) in [4.78, 5) is 8.87. The summed E-state index contributed by atoms with van der Waals surface area (Å²) >= 11 is 0. The third-order valence-corrected chi connectivity index (χ3v) is 3.85. The van der Waals surface area contributed by atoms with E-state index in [1.54, 1.807) is 6.33 Å². The van der Waals surface area contributed by atoms with Gasteiger partial charge in [0.1, 0.15) is 12.1 Å². The number of rotatable bonds is 5. The van der Waals surface area contributed by atoms with Crippen LogP contribution in [0.4, 0.5) is 5.82 Å². The molecule has 4 heteroatoms. The summed E-state index contributed by atoms with van der Waals surface area (Å²) in [6.45, 7) is 7.25. The molecule has 106 valence electrons. The van der Waals surface area contributed by atoms with Crippen LogP contribution in [0.3, 0.4) is 0 Å². The van der Waals surface area contributed by atoms with Crippen molar-refractivity contribution in [2.75, 3.05) is 11.9 Å². The molecule has 0 aliphatic heterocycles. The van der Waals surface area contributed by atoms with E-state index in [9.17, 15) is 0 Å². The Balaban J connectivity index is 2.22. The van der Waals surface area contributed by atoms with Gasteiger partial charge in [0.25, 0.3) is 0 Å². The van der Waals surface area contributed by atoms with E-state index in [4.69, 9.17) is 5.73 Å². The fourth-order valence-electron chi connectivity index (χ4n) is 3.00. The minimum absolute atomic E-state index is 0.0895. The van der Waals surface area contributed by atoms with Crippen LogP contribution in [0.5, 0.6) is 0 Å². The molecule has 0 amide bonds. The molecule has 1 heterocycles. The van der Waals surface area contributed by atoms with Crippen LogP contribution < -0.4 is 11.1 Å². The van der Waals surface area contributed by atoms with Gasteiger partial charge in [-0.1, -0.05) is 13.8 Å². The van der Waals surface area contributed by atoms with Gasteiger partial charge in [-0.2, -0.15) is 0 Å². The second-order valence-corrected chi connectivity index (χ2v) is 6.34. The van der Waals surface area contributed by atoms with Gasteiger partial charge in [-0.25, -0.2) is 9.97 Å². The lowest BCUT2D eigenvalue weighted by molar-refractivity contribution is 0.405. The van der Waals surface area contributed by atoms with Gasteiger partial charge in [0.15, 0.2) is 0 Å². The molecule has 1 atom stereocenters. The highest BCUT2D eigenvalue weighted by molar-refractivity contribution is 5.49. The summed E-state index contributed by atoms with van der Waals surface area (Å²) in [6.07, 6.45) is 7.36. The summed E-state index contributed by atoms with van der Waals surface area (Å²) in [6, 6.07) is 0. The van der Waals surface area contributed by atoms with E-state index < -0.39 is 0 Å². The van der Waals surface area contributed by atoms with Gasteiger partial charge < -0.3 is 11.1 Å². The van der Waals surface area contributed by atoms with Crippen LogP contribution in [-0.4, -0.2) is 22.1 Å². The number of nitrogens with two attached hydrogens (primary N) is 1. The van der Waals surface area contributed by atoms with Gasteiger partial charge in [0, 0.05) is 23.3 Å². The molecule has 4 nitrogen and oxygen atoms in total. The molecule has 1 aliphatic carbocycles. The SMILES string of the molecule is CC(C)CC(C)(CN)Nc1ncnc2c1CCCC2. The Bertz CT molecular complexity index is 430. The van der Waals surface area contributed by atoms with Crippen molar-refractivity contribution in [2.45, 2.75) is 58.4 Å². The highest BCUT2D eigenvalue weighted by Gasteiger charge is 2.26. The Morgan fingerprint density at radius 1 is 1.32 bits per heavy atom. The predicted molar refractivity (Wildman–Crippen MR) is 79.2 cm³/mol. The Kier molecular flexibility index (Phi) is 4.40. The van der Waals surface area contributed by atoms with Crippen molar-refractivity contribution < 1.29 is 0 Å². The van der Waals surface area contributed by atoms with Crippen molar-refractivity contribution in [3.05, 3.63) is 17.6 Å². The molecule has 0 saturated heterocycles. The van der Waals surface area contributed by atoms with Crippen molar-refractivity contribution in [2.24, 2.45) is 11.7 Å². The molecule has 19 heavy (non-hydrogen) atoms. The summed E-state index contributed by atoms with van der Waals surface area (Å²) in [7, 11) is 0. The molecule has 1 unspecified atom stereocenters. The molecule has 1 aromatic heterocycles. The first-order chi connectivity index (χ1) is 9.04. The third kappa shape index (κ3) is 3.44. The maximum Gasteiger partial charge on any atom is 0.133 e. The molecule has 1 aromatic rings. The average molecular weight is 262 g/mol. The zero-order valence-electron chi connectivity index (χ0n) is 12.4. The van der Waals surface area contributed by atoms with E-state index in [0.29, 0.717) is 12.5 Å². The topological polar surface area (TPSA) is 63.8 Å². The van der Waals surface area contributed by atoms with E-state index in [2.05, 4.69) is 36.1 Å². The molecule has 0 saturated carbocycles. The van der Waals surface area contributed by atoms with E-state index in [-0.39, 0.29) is 5.54 Å². The van der Waals surface area contributed by atoms with Crippen LogP contribution in [0.15, 0.2) is 6.33 Å². The van der Waals surface area contributed by atoms with Gasteiger partial charge in [-0.05, 0) is 44.9 Å². The first-order valence-corrected chi connectivity index (χ1v) is 7.35. The van der Waals surface area contributed by atoms with Crippen molar-refractivity contribution in [3.8, 4) is 0 Å². The van der Waals surface area contributed by atoms with Crippen LogP contribution >= 0.6 is 0 Å². The Hall–Kier alpha value is -1.16. The molecule has 0 radical (unpaired) electrons. The van der Waals surface area contributed by atoms with E-state index in [1.807, 2.05) is 0 Å². The van der Waals surface area contributed by atoms with Crippen molar-refractivity contribution >= 4 is 5.82 Å². The normalized spacial score (nSPS) is 17.9. The lowest BCUT2D eigenvalue weighted by atomic mass is 9.89. The summed E-state index contributed by atoms with van der Waals surface area (Å²) < 4.78 is 0. The van der Waals surface area contributed by atoms with Crippen LogP contribution in [0, 0.1) is 5.92 Å². The molecule has 1 aliphatic rings. The maximum atomic E-state index is 5.97. The van der Waals surface area contributed by atoms with Crippen LogP contribution in [0.2, 0.25) is 0 Å². The van der Waals surface area contributed by atoms with E-state index in [0.717, 1.165) is 25.1 Å². The molecule has 0 aromatic carbocycles. The van der Waals surface area contributed by atoms with Crippen molar-refractivity contribution in [3.63, 3.8) is 0 Å².